The summed E-state index contributed by atoms with van der Waals surface area (Å²) >= 11 is 1.56. The number of amides is 1. The Kier molecular flexibility index (Phi) is 7.67. The van der Waals surface area contributed by atoms with E-state index in [-0.39, 0.29) is 5.91 Å². The molecule has 0 unspecified atom stereocenters. The van der Waals surface area contributed by atoms with Crippen molar-refractivity contribution in [2.24, 2.45) is 0 Å². The summed E-state index contributed by atoms with van der Waals surface area (Å²) < 4.78 is 11.0. The number of carbonyl (C=O) groups is 1. The summed E-state index contributed by atoms with van der Waals surface area (Å²) in [5, 5.41) is 2.92. The van der Waals surface area contributed by atoms with Gasteiger partial charge in [-0.2, -0.15) is 0 Å². The number of carbonyl (C=O) groups excluding carboxylic acids is 1. The van der Waals surface area contributed by atoms with Crippen molar-refractivity contribution in [2.75, 3.05) is 30.0 Å². The molecule has 0 spiro atoms. The Hall–Kier alpha value is -2.14. The molecule has 0 aliphatic carbocycles. The molecule has 134 valence electrons. The first-order valence-electron chi connectivity index (χ1n) is 8.39. The first-order chi connectivity index (χ1) is 12.1. The molecule has 0 aliphatic rings. The van der Waals surface area contributed by atoms with E-state index in [1.165, 1.54) is 11.1 Å². The number of nitrogens with one attached hydrogen (secondary N) is 1. The Labute approximate surface area is 153 Å². The van der Waals surface area contributed by atoms with Crippen molar-refractivity contribution in [3.05, 3.63) is 53.6 Å². The summed E-state index contributed by atoms with van der Waals surface area (Å²) in [4.78, 5) is 12.0. The maximum absolute atomic E-state index is 12.0. The second-order valence-electron chi connectivity index (χ2n) is 5.65. The van der Waals surface area contributed by atoms with Crippen molar-refractivity contribution in [3.63, 3.8) is 0 Å². The van der Waals surface area contributed by atoms with Gasteiger partial charge in [0.25, 0.3) is 0 Å². The van der Waals surface area contributed by atoms with E-state index in [9.17, 15) is 4.79 Å². The van der Waals surface area contributed by atoms with Crippen LogP contribution in [0.3, 0.4) is 0 Å². The molecule has 0 bridgehead atoms. The van der Waals surface area contributed by atoms with E-state index in [2.05, 4.69) is 12.2 Å². The Morgan fingerprint density at radius 1 is 1.00 bits per heavy atom. The average Bonchev–Trinajstić information content (AvgIpc) is 2.59. The number of ether oxygens (including phenoxy) is 2. The molecular formula is C20H25NO3S. The third kappa shape index (κ3) is 6.70. The summed E-state index contributed by atoms with van der Waals surface area (Å²) in [6, 6.07) is 13.5. The van der Waals surface area contributed by atoms with E-state index in [0.29, 0.717) is 19.0 Å². The van der Waals surface area contributed by atoms with Gasteiger partial charge < -0.3 is 14.8 Å². The van der Waals surface area contributed by atoms with Gasteiger partial charge in [0.2, 0.25) is 5.91 Å². The van der Waals surface area contributed by atoms with Crippen LogP contribution < -0.4 is 14.8 Å². The molecule has 0 heterocycles. The molecular weight excluding hydrogens is 334 g/mol. The molecule has 0 aromatic heterocycles. The fraction of sp³-hybridized carbons (Fsp3) is 0.350. The fourth-order valence-electron chi connectivity index (χ4n) is 2.20. The Morgan fingerprint density at radius 2 is 1.68 bits per heavy atom. The van der Waals surface area contributed by atoms with Crippen molar-refractivity contribution < 1.29 is 14.3 Å². The zero-order valence-electron chi connectivity index (χ0n) is 15.0. The first kappa shape index (κ1) is 19.2. The molecule has 0 saturated carbocycles. The summed E-state index contributed by atoms with van der Waals surface area (Å²) in [5.74, 6) is 2.83. The topological polar surface area (TPSA) is 47.6 Å². The van der Waals surface area contributed by atoms with Gasteiger partial charge in [0.15, 0.2) is 0 Å². The Morgan fingerprint density at radius 3 is 2.32 bits per heavy atom. The average molecular weight is 359 g/mol. The minimum Gasteiger partial charge on any atom is -0.494 e. The van der Waals surface area contributed by atoms with E-state index in [4.69, 9.17) is 9.47 Å². The normalized spacial score (nSPS) is 10.4. The van der Waals surface area contributed by atoms with Crippen molar-refractivity contribution in [1.82, 2.24) is 0 Å². The molecule has 4 nitrogen and oxygen atoms in total. The molecule has 2 rings (SSSR count). The summed E-state index contributed by atoms with van der Waals surface area (Å²) in [6.45, 7) is 7.27. The highest BCUT2D eigenvalue weighted by Gasteiger charge is 2.04. The second-order valence-corrected chi connectivity index (χ2v) is 6.76. The monoisotopic (exact) mass is 359 g/mol. The summed E-state index contributed by atoms with van der Waals surface area (Å²) in [5.41, 5.74) is 3.24. The number of aryl methyl sites for hydroxylation is 2. The summed E-state index contributed by atoms with van der Waals surface area (Å²) in [7, 11) is 0. The van der Waals surface area contributed by atoms with Gasteiger partial charge in [0.05, 0.1) is 19.0 Å². The van der Waals surface area contributed by atoms with E-state index in [1.807, 2.05) is 56.3 Å². The van der Waals surface area contributed by atoms with E-state index < -0.39 is 0 Å². The summed E-state index contributed by atoms with van der Waals surface area (Å²) in [6.07, 6.45) is 0. The quantitative estimate of drug-likeness (QED) is 0.672. The fourth-order valence-corrected chi connectivity index (χ4v) is 2.80. The van der Waals surface area contributed by atoms with Gasteiger partial charge in [-0.05, 0) is 68.3 Å². The van der Waals surface area contributed by atoms with Crippen LogP contribution in [0.5, 0.6) is 11.5 Å². The minimum absolute atomic E-state index is 0.00863. The molecule has 0 atom stereocenters. The van der Waals surface area contributed by atoms with Crippen LogP contribution in [0.2, 0.25) is 0 Å². The Balaban J connectivity index is 1.63. The minimum atomic E-state index is 0.00863. The molecule has 1 N–H and O–H groups in total. The maximum atomic E-state index is 12.0. The lowest BCUT2D eigenvalue weighted by Crippen LogP contribution is -2.15. The van der Waals surface area contributed by atoms with Gasteiger partial charge in [0, 0.05) is 11.4 Å². The molecule has 0 fully saturated rings. The van der Waals surface area contributed by atoms with Gasteiger partial charge in [-0.25, -0.2) is 0 Å². The predicted octanol–water partition coefficient (Wildman–Crippen LogP) is 4.45. The SMILES string of the molecule is CCOc1ccc(OCCSCC(=O)Nc2ccc(C)c(C)c2)cc1. The highest BCUT2D eigenvalue weighted by Crippen LogP contribution is 2.18. The van der Waals surface area contributed by atoms with Crippen LogP contribution in [0.25, 0.3) is 0 Å². The zero-order chi connectivity index (χ0) is 18.1. The molecule has 25 heavy (non-hydrogen) atoms. The number of hydrogen-bond donors (Lipinski definition) is 1. The number of anilines is 1. The number of benzene rings is 2. The Bertz CT molecular complexity index is 686. The molecule has 0 aliphatic heterocycles. The number of rotatable bonds is 9. The second kappa shape index (κ2) is 9.99. The van der Waals surface area contributed by atoms with Crippen LogP contribution in [0.1, 0.15) is 18.1 Å². The van der Waals surface area contributed by atoms with Crippen molar-refractivity contribution >= 4 is 23.4 Å². The van der Waals surface area contributed by atoms with Crippen molar-refractivity contribution in [3.8, 4) is 11.5 Å². The largest absolute Gasteiger partial charge is 0.494 e. The van der Waals surface area contributed by atoms with Gasteiger partial charge in [-0.3, -0.25) is 4.79 Å². The smallest absolute Gasteiger partial charge is 0.234 e. The van der Waals surface area contributed by atoms with E-state index in [1.54, 1.807) is 11.8 Å². The van der Waals surface area contributed by atoms with Crippen LogP contribution >= 0.6 is 11.8 Å². The first-order valence-corrected chi connectivity index (χ1v) is 9.54. The molecule has 0 saturated heterocycles. The van der Waals surface area contributed by atoms with Crippen LogP contribution in [-0.2, 0) is 4.79 Å². The molecule has 2 aromatic rings. The predicted molar refractivity (Wildman–Crippen MR) is 105 cm³/mol. The molecule has 1 amide bonds. The van der Waals surface area contributed by atoms with Crippen molar-refractivity contribution in [1.29, 1.82) is 0 Å². The van der Waals surface area contributed by atoms with E-state index >= 15 is 0 Å². The van der Waals surface area contributed by atoms with Crippen LogP contribution in [-0.4, -0.2) is 30.6 Å². The van der Waals surface area contributed by atoms with Crippen LogP contribution in [0.4, 0.5) is 5.69 Å². The highest BCUT2D eigenvalue weighted by atomic mass is 32.2. The van der Waals surface area contributed by atoms with Crippen LogP contribution in [0, 0.1) is 13.8 Å². The standard InChI is InChI=1S/C20H25NO3S/c1-4-23-18-7-9-19(10-8-18)24-11-12-25-14-20(22)21-17-6-5-15(2)16(3)13-17/h5-10,13H,4,11-12,14H2,1-3H3,(H,21,22). The third-order valence-corrected chi connectivity index (χ3v) is 4.58. The van der Waals surface area contributed by atoms with Gasteiger partial charge >= 0.3 is 0 Å². The van der Waals surface area contributed by atoms with E-state index in [0.717, 1.165) is 22.9 Å². The molecule has 5 heteroatoms. The number of thioether (sulfide) groups is 1. The third-order valence-electron chi connectivity index (χ3n) is 3.65. The molecule has 0 radical (unpaired) electrons. The lowest BCUT2D eigenvalue weighted by Gasteiger charge is -2.09. The van der Waals surface area contributed by atoms with Gasteiger partial charge in [-0.1, -0.05) is 6.07 Å². The maximum Gasteiger partial charge on any atom is 0.234 e. The lowest BCUT2D eigenvalue weighted by molar-refractivity contribution is -0.113. The zero-order valence-corrected chi connectivity index (χ0v) is 15.8. The lowest BCUT2D eigenvalue weighted by atomic mass is 10.1. The highest BCUT2D eigenvalue weighted by molar-refractivity contribution is 7.99. The van der Waals surface area contributed by atoms with Crippen LogP contribution in [0.15, 0.2) is 42.5 Å². The van der Waals surface area contributed by atoms with Gasteiger partial charge in [0.1, 0.15) is 11.5 Å². The number of hydrogen-bond acceptors (Lipinski definition) is 4. The molecule has 2 aromatic carbocycles. The van der Waals surface area contributed by atoms with Crippen molar-refractivity contribution in [2.45, 2.75) is 20.8 Å². The van der Waals surface area contributed by atoms with Gasteiger partial charge in [-0.15, -0.1) is 11.8 Å².